The number of hydrogen-bond donors (Lipinski definition) is 2. The van der Waals surface area contributed by atoms with Crippen LogP contribution in [0, 0.1) is 5.92 Å². The van der Waals surface area contributed by atoms with Gasteiger partial charge in [0, 0.05) is 7.05 Å². The number of carbonyl (C=O) groups is 2. The highest BCUT2D eigenvalue weighted by Gasteiger charge is 2.28. The van der Waals surface area contributed by atoms with Gasteiger partial charge in [0.25, 0.3) is 5.56 Å². The minimum atomic E-state index is -0.915. The number of hydrogen-bond acceptors (Lipinski definition) is 7. The van der Waals surface area contributed by atoms with E-state index in [1.54, 1.807) is 0 Å². The molecule has 0 bridgehead atoms. The molecule has 0 saturated carbocycles. The third-order valence-corrected chi connectivity index (χ3v) is 4.21. The second kappa shape index (κ2) is 6.87. The second-order valence-corrected chi connectivity index (χ2v) is 5.93. The van der Waals surface area contributed by atoms with Gasteiger partial charge in [0.1, 0.15) is 23.7 Å². The standard InChI is InChI=1S/C17H17N3O6/c1-20-14(18)13(15(22)19-17(20)24)11(21)8-26-16(23)10-6-9-4-2-3-5-12(9)25-7-10/h2-5,10H,6-8,18H2,1H3,(H,19,22,24)/t10-/m0/s1. The molecule has 3 N–H and O–H groups in total. The van der Waals surface area contributed by atoms with Crippen LogP contribution < -0.4 is 21.7 Å². The number of Topliss-reactive ketones (excluding diaryl/α,β-unsaturated/α-hetero) is 1. The summed E-state index contributed by atoms with van der Waals surface area (Å²) < 4.78 is 11.5. The highest BCUT2D eigenvalue weighted by molar-refractivity contribution is 6.01. The smallest absolute Gasteiger partial charge is 0.329 e. The number of anilines is 1. The number of nitrogen functional groups attached to an aromatic ring is 1. The van der Waals surface area contributed by atoms with E-state index in [-0.39, 0.29) is 12.4 Å². The van der Waals surface area contributed by atoms with Crippen molar-refractivity contribution in [3.05, 3.63) is 56.2 Å². The van der Waals surface area contributed by atoms with Crippen molar-refractivity contribution in [2.45, 2.75) is 6.42 Å². The maximum atomic E-state index is 12.2. The first-order valence-electron chi connectivity index (χ1n) is 7.87. The van der Waals surface area contributed by atoms with Crippen LogP contribution in [0.4, 0.5) is 5.82 Å². The van der Waals surface area contributed by atoms with E-state index in [0.717, 1.165) is 15.9 Å². The molecule has 136 valence electrons. The molecule has 0 spiro atoms. The van der Waals surface area contributed by atoms with E-state index in [9.17, 15) is 19.2 Å². The molecule has 0 saturated heterocycles. The van der Waals surface area contributed by atoms with E-state index in [0.29, 0.717) is 6.42 Å². The minimum Gasteiger partial charge on any atom is -0.492 e. The highest BCUT2D eigenvalue weighted by Crippen LogP contribution is 2.27. The summed E-state index contributed by atoms with van der Waals surface area (Å²) in [6, 6.07) is 7.35. The number of nitrogens with two attached hydrogens (primary N) is 1. The summed E-state index contributed by atoms with van der Waals surface area (Å²) in [6.45, 7) is -0.505. The molecule has 1 aliphatic rings. The number of aromatic amines is 1. The number of H-pyrrole nitrogens is 1. The number of nitrogens with one attached hydrogen (secondary N) is 1. The van der Waals surface area contributed by atoms with Crippen LogP contribution in [0.25, 0.3) is 0 Å². The van der Waals surface area contributed by atoms with Gasteiger partial charge in [-0.3, -0.25) is 23.9 Å². The lowest BCUT2D eigenvalue weighted by atomic mass is 9.97. The van der Waals surface area contributed by atoms with Crippen LogP contribution in [-0.4, -0.2) is 34.5 Å². The van der Waals surface area contributed by atoms with Crippen molar-refractivity contribution in [3.63, 3.8) is 0 Å². The second-order valence-electron chi connectivity index (χ2n) is 5.93. The first kappa shape index (κ1) is 17.5. The summed E-state index contributed by atoms with van der Waals surface area (Å²) in [7, 11) is 1.31. The summed E-state index contributed by atoms with van der Waals surface area (Å²) in [4.78, 5) is 49.6. The third-order valence-electron chi connectivity index (χ3n) is 4.21. The molecule has 2 heterocycles. The molecule has 1 aromatic heterocycles. The van der Waals surface area contributed by atoms with Gasteiger partial charge in [-0.25, -0.2) is 4.79 Å². The van der Waals surface area contributed by atoms with Gasteiger partial charge in [-0.1, -0.05) is 18.2 Å². The number of rotatable bonds is 4. The van der Waals surface area contributed by atoms with Crippen molar-refractivity contribution in [2.75, 3.05) is 18.9 Å². The maximum absolute atomic E-state index is 12.2. The molecule has 1 aromatic carbocycles. The Kier molecular flexibility index (Phi) is 4.61. The molecule has 3 rings (SSSR count). The molecule has 0 aliphatic carbocycles. The van der Waals surface area contributed by atoms with Gasteiger partial charge in [0.05, 0.1) is 5.92 Å². The summed E-state index contributed by atoms with van der Waals surface area (Å²) in [5.41, 5.74) is 4.47. The molecule has 26 heavy (non-hydrogen) atoms. The lowest BCUT2D eigenvalue weighted by Gasteiger charge is -2.23. The van der Waals surface area contributed by atoms with Gasteiger partial charge >= 0.3 is 11.7 Å². The number of carbonyl (C=O) groups excluding carboxylic acids is 2. The number of ether oxygens (including phenoxy) is 2. The largest absolute Gasteiger partial charge is 0.492 e. The molecule has 0 radical (unpaired) electrons. The zero-order valence-electron chi connectivity index (χ0n) is 14.0. The number of ketones is 1. The molecule has 9 nitrogen and oxygen atoms in total. The monoisotopic (exact) mass is 359 g/mol. The molecule has 0 amide bonds. The number of nitrogens with zero attached hydrogens (tertiary/aromatic N) is 1. The predicted octanol–water partition coefficient (Wildman–Crippen LogP) is -0.367. The predicted molar refractivity (Wildman–Crippen MR) is 91.1 cm³/mol. The van der Waals surface area contributed by atoms with E-state index in [4.69, 9.17) is 15.2 Å². The molecule has 0 fully saturated rings. The SMILES string of the molecule is Cn1c(N)c(C(=O)COC(=O)[C@@H]2COc3ccccc3C2)c(=O)[nH]c1=O. The highest BCUT2D eigenvalue weighted by atomic mass is 16.5. The lowest BCUT2D eigenvalue weighted by molar-refractivity contribution is -0.148. The van der Waals surface area contributed by atoms with Crippen molar-refractivity contribution in [3.8, 4) is 5.75 Å². The van der Waals surface area contributed by atoms with E-state index in [2.05, 4.69) is 0 Å². The molecule has 1 aliphatic heterocycles. The summed E-state index contributed by atoms with van der Waals surface area (Å²) in [5.74, 6) is -1.50. The first-order valence-corrected chi connectivity index (χ1v) is 7.87. The van der Waals surface area contributed by atoms with Crippen LogP contribution in [-0.2, 0) is 23.0 Å². The fourth-order valence-electron chi connectivity index (χ4n) is 2.71. The summed E-state index contributed by atoms with van der Waals surface area (Å²) in [5, 5.41) is 0. The molecular weight excluding hydrogens is 342 g/mol. The van der Waals surface area contributed by atoms with Crippen LogP contribution in [0.15, 0.2) is 33.9 Å². The summed E-state index contributed by atoms with van der Waals surface area (Å²) >= 11 is 0. The van der Waals surface area contributed by atoms with E-state index < -0.39 is 41.1 Å². The molecule has 9 heteroatoms. The molecule has 2 aromatic rings. The fourth-order valence-corrected chi connectivity index (χ4v) is 2.71. The van der Waals surface area contributed by atoms with Gasteiger partial charge in [0.15, 0.2) is 6.61 Å². The van der Waals surface area contributed by atoms with Gasteiger partial charge in [-0.15, -0.1) is 0 Å². The zero-order valence-corrected chi connectivity index (χ0v) is 14.0. The number of esters is 1. The van der Waals surface area contributed by atoms with Crippen LogP contribution in [0.3, 0.4) is 0 Å². The molecule has 1 atom stereocenters. The Labute approximate surface area is 147 Å². The van der Waals surface area contributed by atoms with Gasteiger partial charge < -0.3 is 15.2 Å². The Morgan fingerprint density at radius 2 is 2.08 bits per heavy atom. The normalized spacial score (nSPS) is 15.7. The zero-order chi connectivity index (χ0) is 18.8. The quantitative estimate of drug-likeness (QED) is 0.562. The van der Waals surface area contributed by atoms with Crippen LogP contribution in [0.1, 0.15) is 15.9 Å². The molecular formula is C17H17N3O6. The number of para-hydroxylation sites is 1. The summed E-state index contributed by atoms with van der Waals surface area (Å²) in [6.07, 6.45) is 0.436. The number of aromatic nitrogens is 2. The Bertz CT molecular complexity index is 991. The third kappa shape index (κ3) is 3.23. The Balaban J connectivity index is 1.68. The van der Waals surface area contributed by atoms with Crippen LogP contribution in [0.5, 0.6) is 5.75 Å². The maximum Gasteiger partial charge on any atom is 0.329 e. The van der Waals surface area contributed by atoms with E-state index in [1.807, 2.05) is 29.2 Å². The van der Waals surface area contributed by atoms with Crippen molar-refractivity contribution in [2.24, 2.45) is 13.0 Å². The van der Waals surface area contributed by atoms with Crippen molar-refractivity contribution >= 4 is 17.6 Å². The Morgan fingerprint density at radius 3 is 2.85 bits per heavy atom. The number of benzene rings is 1. The minimum absolute atomic E-state index is 0.145. The van der Waals surface area contributed by atoms with E-state index >= 15 is 0 Å². The fraction of sp³-hybridized carbons (Fsp3) is 0.294. The Morgan fingerprint density at radius 1 is 1.35 bits per heavy atom. The average molecular weight is 359 g/mol. The van der Waals surface area contributed by atoms with E-state index in [1.165, 1.54) is 7.05 Å². The first-order chi connectivity index (χ1) is 12.4. The van der Waals surface area contributed by atoms with Crippen LogP contribution >= 0.6 is 0 Å². The number of fused-ring (bicyclic) bond motifs is 1. The van der Waals surface area contributed by atoms with Gasteiger partial charge in [0.2, 0.25) is 5.78 Å². The lowest BCUT2D eigenvalue weighted by Crippen LogP contribution is -2.36. The van der Waals surface area contributed by atoms with Gasteiger partial charge in [-0.05, 0) is 18.1 Å². The van der Waals surface area contributed by atoms with Crippen molar-refractivity contribution in [1.82, 2.24) is 9.55 Å². The van der Waals surface area contributed by atoms with Gasteiger partial charge in [-0.2, -0.15) is 0 Å². The topological polar surface area (TPSA) is 133 Å². The average Bonchev–Trinajstić information content (AvgIpc) is 2.63. The molecule has 0 unspecified atom stereocenters. The Hall–Kier alpha value is -3.36. The van der Waals surface area contributed by atoms with Crippen LogP contribution in [0.2, 0.25) is 0 Å². The van der Waals surface area contributed by atoms with Crippen molar-refractivity contribution in [1.29, 1.82) is 0 Å². The van der Waals surface area contributed by atoms with Crippen molar-refractivity contribution < 1.29 is 19.1 Å².